The summed E-state index contributed by atoms with van der Waals surface area (Å²) in [5.74, 6) is 2.72. The maximum Gasteiger partial charge on any atom is 0.226 e. The number of ether oxygens (including phenoxy) is 2. The average Bonchev–Trinajstić information content (AvgIpc) is 3.64. The van der Waals surface area contributed by atoms with Gasteiger partial charge < -0.3 is 20.5 Å². The Kier molecular flexibility index (Phi) is 6.27. The van der Waals surface area contributed by atoms with Crippen molar-refractivity contribution in [1.29, 1.82) is 5.26 Å². The van der Waals surface area contributed by atoms with Crippen LogP contribution in [0, 0.1) is 11.3 Å². The van der Waals surface area contributed by atoms with Gasteiger partial charge in [0.1, 0.15) is 29.3 Å². The van der Waals surface area contributed by atoms with Gasteiger partial charge in [-0.05, 0) is 38.5 Å². The highest BCUT2D eigenvalue weighted by Crippen LogP contribution is 2.45. The van der Waals surface area contributed by atoms with E-state index in [-0.39, 0.29) is 17.8 Å². The van der Waals surface area contributed by atoms with Gasteiger partial charge in [0.25, 0.3) is 0 Å². The highest BCUT2D eigenvalue weighted by molar-refractivity contribution is 5.75. The minimum Gasteiger partial charge on any atom is -0.489 e. The number of nitrogens with zero attached hydrogens (tertiary/aromatic N) is 5. The molecule has 2 aliphatic rings. The molecule has 2 saturated carbocycles. The first kappa shape index (κ1) is 22.1. The molecule has 3 heterocycles. The number of hydrogen-bond acceptors (Lipinski definition) is 9. The molecule has 3 aromatic heterocycles. The van der Waals surface area contributed by atoms with Crippen LogP contribution in [0.1, 0.15) is 62.3 Å². The number of H-pyrrole nitrogens is 1. The molecule has 0 unspecified atom stereocenters. The molecule has 3 aromatic rings. The molecule has 0 saturated heterocycles. The lowest BCUT2D eigenvalue weighted by molar-refractivity contribution is 0.178. The molecule has 0 aromatic carbocycles. The molecule has 10 heteroatoms. The fraction of sp³-hybridized carbons (Fsp3) is 0.458. The zero-order valence-electron chi connectivity index (χ0n) is 19.1. The van der Waals surface area contributed by atoms with Crippen molar-refractivity contribution in [2.75, 3.05) is 12.4 Å². The summed E-state index contributed by atoms with van der Waals surface area (Å²) >= 11 is 0. The Morgan fingerprint density at radius 3 is 2.71 bits per heavy atom. The van der Waals surface area contributed by atoms with Crippen molar-refractivity contribution in [2.24, 2.45) is 5.73 Å². The number of hydrogen-bond donors (Lipinski definition) is 3. The van der Waals surface area contributed by atoms with Crippen molar-refractivity contribution in [3.63, 3.8) is 0 Å². The first-order valence-corrected chi connectivity index (χ1v) is 11.7. The van der Waals surface area contributed by atoms with Crippen LogP contribution in [0.25, 0.3) is 11.3 Å². The second kappa shape index (κ2) is 9.65. The molecule has 10 nitrogen and oxygen atoms in total. The van der Waals surface area contributed by atoms with E-state index in [0.29, 0.717) is 29.1 Å². The molecule has 0 radical (unpaired) electrons. The van der Waals surface area contributed by atoms with E-state index in [1.54, 1.807) is 7.11 Å². The summed E-state index contributed by atoms with van der Waals surface area (Å²) in [5.41, 5.74) is 8.99. The van der Waals surface area contributed by atoms with Gasteiger partial charge in [-0.15, -0.1) is 0 Å². The summed E-state index contributed by atoms with van der Waals surface area (Å²) in [7, 11) is 1.62. The van der Waals surface area contributed by atoms with Crippen LogP contribution in [0.3, 0.4) is 0 Å². The number of nitriles is 1. The van der Waals surface area contributed by atoms with Gasteiger partial charge in [-0.3, -0.25) is 5.10 Å². The standard InChI is InChI=1S/C24H28N8O2/c1-33-24-23(19-10-21(32-31-19)30-22-13-27-16(11-25)12-28-22)20(9-18(29-24)14-6-7-14)34-17-5-3-2-4-15(26)8-17/h9-10,12-15,17H,2-8,26H2,1H3,(H2,28,30,31,32)/t15-,17+/m1/s1. The Morgan fingerprint density at radius 2 is 1.97 bits per heavy atom. The van der Waals surface area contributed by atoms with Crippen LogP contribution in [0.15, 0.2) is 24.5 Å². The van der Waals surface area contributed by atoms with Crippen molar-refractivity contribution in [1.82, 2.24) is 25.1 Å². The molecule has 0 spiro atoms. The number of methoxy groups -OCH3 is 1. The van der Waals surface area contributed by atoms with Gasteiger partial charge in [-0.1, -0.05) is 6.42 Å². The van der Waals surface area contributed by atoms with Gasteiger partial charge in [0, 0.05) is 24.1 Å². The Bertz CT molecular complexity index is 1180. The summed E-state index contributed by atoms with van der Waals surface area (Å²) in [4.78, 5) is 13.0. The predicted molar refractivity (Wildman–Crippen MR) is 126 cm³/mol. The minimum absolute atomic E-state index is 0.0462. The second-order valence-electron chi connectivity index (χ2n) is 8.91. The monoisotopic (exact) mass is 460 g/mol. The van der Waals surface area contributed by atoms with Gasteiger partial charge in [-0.25, -0.2) is 15.0 Å². The summed E-state index contributed by atoms with van der Waals surface area (Å²) in [5, 5.41) is 19.4. The Morgan fingerprint density at radius 1 is 1.12 bits per heavy atom. The lowest BCUT2D eigenvalue weighted by atomic mass is 10.1. The summed E-state index contributed by atoms with van der Waals surface area (Å²) in [6, 6.07) is 6.00. The molecule has 4 N–H and O–H groups in total. The Hall–Kier alpha value is -3.71. The number of nitrogens with one attached hydrogen (secondary N) is 2. The zero-order valence-corrected chi connectivity index (χ0v) is 19.1. The van der Waals surface area contributed by atoms with Crippen molar-refractivity contribution < 1.29 is 9.47 Å². The summed E-state index contributed by atoms with van der Waals surface area (Å²) in [6.07, 6.45) is 10.3. The first-order valence-electron chi connectivity index (χ1n) is 11.7. The van der Waals surface area contributed by atoms with Gasteiger partial charge in [0.05, 0.1) is 30.9 Å². The van der Waals surface area contributed by atoms with E-state index in [1.165, 1.54) is 12.4 Å². The van der Waals surface area contributed by atoms with Gasteiger partial charge >= 0.3 is 0 Å². The third-order valence-corrected chi connectivity index (χ3v) is 6.24. The van der Waals surface area contributed by atoms with E-state index in [2.05, 4.69) is 25.5 Å². The van der Waals surface area contributed by atoms with E-state index < -0.39 is 0 Å². The van der Waals surface area contributed by atoms with Crippen LogP contribution in [0.5, 0.6) is 11.6 Å². The van der Waals surface area contributed by atoms with Crippen LogP contribution in [-0.2, 0) is 0 Å². The zero-order chi connectivity index (χ0) is 23.5. The van der Waals surface area contributed by atoms with E-state index >= 15 is 0 Å². The molecule has 2 fully saturated rings. The molecule has 0 bridgehead atoms. The Labute approximate surface area is 197 Å². The molecular formula is C24H28N8O2. The SMILES string of the molecule is COc1nc(C2CC2)cc(O[C@H]2CCCC[C@@H](N)C2)c1-c1cc(Nc2cnc(C#N)cn2)n[nH]1. The number of pyridine rings is 1. The number of nitrogens with two attached hydrogens (primary N) is 1. The van der Waals surface area contributed by atoms with E-state index in [1.807, 2.05) is 18.2 Å². The molecule has 2 atom stereocenters. The number of aromatic amines is 1. The number of aromatic nitrogens is 5. The number of rotatable bonds is 7. The molecule has 0 amide bonds. The lowest BCUT2D eigenvalue weighted by Gasteiger charge is -2.22. The topological polar surface area (TPSA) is 148 Å². The normalized spacial score (nSPS) is 20.3. The van der Waals surface area contributed by atoms with Crippen LogP contribution >= 0.6 is 0 Å². The maximum absolute atomic E-state index is 8.90. The highest BCUT2D eigenvalue weighted by Gasteiger charge is 2.30. The average molecular weight is 461 g/mol. The molecule has 176 valence electrons. The van der Waals surface area contributed by atoms with Gasteiger partial charge in [0.2, 0.25) is 5.88 Å². The van der Waals surface area contributed by atoms with Crippen molar-refractivity contribution >= 4 is 11.6 Å². The number of anilines is 2. The van der Waals surface area contributed by atoms with E-state index in [9.17, 15) is 0 Å². The van der Waals surface area contributed by atoms with Crippen LogP contribution in [-0.4, -0.2) is 44.4 Å². The third kappa shape index (κ3) is 4.94. The molecule has 34 heavy (non-hydrogen) atoms. The van der Waals surface area contributed by atoms with Crippen molar-refractivity contribution in [3.8, 4) is 29.0 Å². The molecule has 2 aliphatic carbocycles. The van der Waals surface area contributed by atoms with E-state index in [0.717, 1.165) is 62.0 Å². The first-order chi connectivity index (χ1) is 16.6. The van der Waals surface area contributed by atoms with Gasteiger partial charge in [0.15, 0.2) is 11.5 Å². The summed E-state index contributed by atoms with van der Waals surface area (Å²) < 4.78 is 12.3. The van der Waals surface area contributed by atoms with E-state index in [4.69, 9.17) is 25.5 Å². The Balaban J connectivity index is 1.46. The third-order valence-electron chi connectivity index (χ3n) is 6.24. The highest BCUT2D eigenvalue weighted by atomic mass is 16.5. The fourth-order valence-electron chi connectivity index (χ4n) is 4.33. The fourth-order valence-corrected chi connectivity index (χ4v) is 4.33. The molecular weight excluding hydrogens is 432 g/mol. The molecule has 5 rings (SSSR count). The summed E-state index contributed by atoms with van der Waals surface area (Å²) in [6.45, 7) is 0. The van der Waals surface area contributed by atoms with Crippen LogP contribution in [0.2, 0.25) is 0 Å². The maximum atomic E-state index is 8.90. The smallest absolute Gasteiger partial charge is 0.226 e. The quantitative estimate of drug-likeness (QED) is 0.448. The van der Waals surface area contributed by atoms with Crippen molar-refractivity contribution in [3.05, 3.63) is 35.9 Å². The van der Waals surface area contributed by atoms with Crippen LogP contribution < -0.4 is 20.5 Å². The van der Waals surface area contributed by atoms with Gasteiger partial charge in [-0.2, -0.15) is 10.4 Å². The largest absolute Gasteiger partial charge is 0.489 e. The predicted octanol–water partition coefficient (Wildman–Crippen LogP) is 3.80. The lowest BCUT2D eigenvalue weighted by Crippen LogP contribution is -2.27. The second-order valence-corrected chi connectivity index (χ2v) is 8.91. The van der Waals surface area contributed by atoms with Crippen LogP contribution in [0.4, 0.5) is 11.6 Å². The minimum atomic E-state index is 0.0462. The molecule has 0 aliphatic heterocycles. The van der Waals surface area contributed by atoms with Crippen molar-refractivity contribution in [2.45, 2.75) is 63.0 Å².